The molecule has 0 aliphatic carbocycles. The average molecular weight is 458 g/mol. The van der Waals surface area contributed by atoms with Crippen molar-refractivity contribution in [1.82, 2.24) is 14.9 Å². The fourth-order valence-corrected chi connectivity index (χ4v) is 3.62. The lowest BCUT2D eigenvalue weighted by Crippen LogP contribution is -2.25. The summed E-state index contributed by atoms with van der Waals surface area (Å²) in [7, 11) is 7.47. The number of rotatable bonds is 6. The Morgan fingerprint density at radius 3 is 2.59 bits per heavy atom. The van der Waals surface area contributed by atoms with Crippen molar-refractivity contribution in [2.75, 3.05) is 55.2 Å². The molecule has 9 nitrogen and oxygen atoms in total. The zero-order chi connectivity index (χ0) is 24.2. The molecule has 174 valence electrons. The fraction of sp³-hybridized carbons (Fsp3) is 0.200. The summed E-state index contributed by atoms with van der Waals surface area (Å²) >= 11 is 0. The van der Waals surface area contributed by atoms with Crippen LogP contribution in [0.25, 0.3) is 0 Å². The molecule has 9 heteroatoms. The van der Waals surface area contributed by atoms with E-state index in [2.05, 4.69) is 20.6 Å². The Hall–Kier alpha value is -4.24. The number of hydrogen-bond acceptors (Lipinski definition) is 7. The molecule has 2 N–H and O–H groups in total. The highest BCUT2D eigenvalue weighted by Crippen LogP contribution is 2.38. The van der Waals surface area contributed by atoms with Crippen LogP contribution in [-0.2, 0) is 4.79 Å². The zero-order valence-electron chi connectivity index (χ0n) is 19.6. The molecule has 0 saturated carbocycles. The normalized spacial score (nSPS) is 13.0. The molecule has 3 aromatic rings. The SMILES string of the molecule is CN(C)C/C=C/C(=O)Nc1cccc(Nc2ncc3c(n2)N(C)c2ccccc2C(=O)N3C)c1. The van der Waals surface area contributed by atoms with Crippen LogP contribution in [0.1, 0.15) is 10.4 Å². The number of nitrogens with zero attached hydrogens (tertiary/aromatic N) is 5. The number of para-hydroxylation sites is 1. The van der Waals surface area contributed by atoms with Crippen molar-refractivity contribution < 1.29 is 9.59 Å². The first-order valence-corrected chi connectivity index (χ1v) is 10.8. The summed E-state index contributed by atoms with van der Waals surface area (Å²) in [5.41, 5.74) is 3.35. The quantitative estimate of drug-likeness (QED) is 0.546. The Morgan fingerprint density at radius 2 is 1.79 bits per heavy atom. The summed E-state index contributed by atoms with van der Waals surface area (Å²) in [5, 5.41) is 6.04. The standard InChI is InChI=1S/C25H27N7O2/c1-30(2)14-8-13-22(33)27-17-9-7-10-18(15-17)28-25-26-16-21-23(29-25)31(3)20-12-6-5-11-19(20)24(34)32(21)4/h5-13,15-16H,14H2,1-4H3,(H,27,33)(H,26,28,29)/b13-8+. The van der Waals surface area contributed by atoms with Crippen LogP contribution in [-0.4, -0.2) is 61.4 Å². The Bertz CT molecular complexity index is 1260. The van der Waals surface area contributed by atoms with E-state index in [1.54, 1.807) is 36.4 Å². The van der Waals surface area contributed by atoms with Crippen molar-refractivity contribution in [1.29, 1.82) is 0 Å². The highest BCUT2D eigenvalue weighted by Gasteiger charge is 2.28. The maximum absolute atomic E-state index is 12.9. The number of anilines is 6. The molecule has 1 aliphatic heterocycles. The molecule has 1 aromatic heterocycles. The van der Waals surface area contributed by atoms with Crippen molar-refractivity contribution in [2.24, 2.45) is 0 Å². The van der Waals surface area contributed by atoms with Gasteiger partial charge in [0.25, 0.3) is 5.91 Å². The van der Waals surface area contributed by atoms with E-state index in [-0.39, 0.29) is 11.8 Å². The molecule has 2 aromatic carbocycles. The monoisotopic (exact) mass is 457 g/mol. The molecule has 2 heterocycles. The minimum absolute atomic E-state index is 0.117. The molecule has 2 amide bonds. The minimum Gasteiger partial charge on any atom is -0.327 e. The molecule has 4 rings (SSSR count). The number of amides is 2. The smallest absolute Gasteiger partial charge is 0.260 e. The van der Waals surface area contributed by atoms with Gasteiger partial charge in [-0.25, -0.2) is 4.98 Å². The summed E-state index contributed by atoms with van der Waals surface area (Å²) in [5.74, 6) is 0.663. The van der Waals surface area contributed by atoms with Gasteiger partial charge in [0.15, 0.2) is 5.82 Å². The maximum Gasteiger partial charge on any atom is 0.260 e. The number of carbonyl (C=O) groups excluding carboxylic acids is 2. The van der Waals surface area contributed by atoms with Crippen LogP contribution < -0.4 is 20.4 Å². The molecule has 0 saturated heterocycles. The van der Waals surface area contributed by atoms with Crippen LogP contribution in [0.5, 0.6) is 0 Å². The number of likely N-dealkylation sites (N-methyl/N-ethyl adjacent to an activating group) is 1. The number of nitrogens with one attached hydrogen (secondary N) is 2. The van der Waals surface area contributed by atoms with Gasteiger partial charge in [0.2, 0.25) is 11.9 Å². The second-order valence-corrected chi connectivity index (χ2v) is 8.20. The number of fused-ring (bicyclic) bond motifs is 2. The average Bonchev–Trinajstić information content (AvgIpc) is 2.89. The lowest BCUT2D eigenvalue weighted by molar-refractivity contribution is -0.111. The first-order valence-electron chi connectivity index (χ1n) is 10.8. The van der Waals surface area contributed by atoms with E-state index in [4.69, 9.17) is 0 Å². The second kappa shape index (κ2) is 9.72. The molecular weight excluding hydrogens is 430 g/mol. The van der Waals surface area contributed by atoms with E-state index in [9.17, 15) is 9.59 Å². The van der Waals surface area contributed by atoms with Crippen molar-refractivity contribution in [2.45, 2.75) is 0 Å². The molecule has 0 atom stereocenters. The fourth-order valence-electron chi connectivity index (χ4n) is 3.62. The van der Waals surface area contributed by atoms with E-state index in [0.29, 0.717) is 35.2 Å². The molecular formula is C25H27N7O2. The topological polar surface area (TPSA) is 93.7 Å². The molecule has 0 fully saturated rings. The van der Waals surface area contributed by atoms with E-state index >= 15 is 0 Å². The van der Waals surface area contributed by atoms with Gasteiger partial charge in [-0.2, -0.15) is 4.98 Å². The third kappa shape index (κ3) is 4.89. The Balaban J connectivity index is 1.56. The lowest BCUT2D eigenvalue weighted by Gasteiger charge is -2.21. The minimum atomic E-state index is -0.201. The number of aromatic nitrogens is 2. The summed E-state index contributed by atoms with van der Waals surface area (Å²) in [4.78, 5) is 39.6. The van der Waals surface area contributed by atoms with E-state index in [1.807, 2.05) is 67.3 Å². The summed E-state index contributed by atoms with van der Waals surface area (Å²) < 4.78 is 0. The van der Waals surface area contributed by atoms with Gasteiger partial charge in [-0.05, 0) is 44.4 Å². The molecule has 0 radical (unpaired) electrons. The molecule has 0 spiro atoms. The third-order valence-electron chi connectivity index (χ3n) is 5.36. The Labute approximate surface area is 198 Å². The first kappa shape index (κ1) is 22.9. The van der Waals surface area contributed by atoms with Crippen molar-refractivity contribution in [3.8, 4) is 0 Å². The molecule has 0 unspecified atom stereocenters. The molecule has 0 bridgehead atoms. The van der Waals surface area contributed by atoms with Crippen LogP contribution in [0.4, 0.5) is 34.5 Å². The van der Waals surface area contributed by atoms with Crippen molar-refractivity contribution >= 4 is 46.3 Å². The first-order chi connectivity index (χ1) is 16.3. The number of hydrogen-bond donors (Lipinski definition) is 2. The van der Waals surface area contributed by atoms with Gasteiger partial charge >= 0.3 is 0 Å². The third-order valence-corrected chi connectivity index (χ3v) is 5.36. The highest BCUT2D eigenvalue weighted by molar-refractivity contribution is 6.13. The van der Waals surface area contributed by atoms with Crippen LogP contribution in [0, 0.1) is 0 Å². The van der Waals surface area contributed by atoms with E-state index in [0.717, 1.165) is 11.4 Å². The van der Waals surface area contributed by atoms with Crippen LogP contribution in [0.2, 0.25) is 0 Å². The maximum atomic E-state index is 12.9. The molecule has 1 aliphatic rings. The van der Waals surface area contributed by atoms with E-state index < -0.39 is 0 Å². The second-order valence-electron chi connectivity index (χ2n) is 8.20. The van der Waals surface area contributed by atoms with Crippen LogP contribution in [0.3, 0.4) is 0 Å². The van der Waals surface area contributed by atoms with E-state index in [1.165, 1.54) is 6.08 Å². The highest BCUT2D eigenvalue weighted by atomic mass is 16.2. The number of carbonyl (C=O) groups is 2. The number of benzene rings is 2. The largest absolute Gasteiger partial charge is 0.327 e. The predicted molar refractivity (Wildman–Crippen MR) is 135 cm³/mol. The van der Waals surface area contributed by atoms with Crippen molar-refractivity contribution in [3.63, 3.8) is 0 Å². The summed E-state index contributed by atoms with van der Waals surface area (Å²) in [6.45, 7) is 0.685. The molecule has 34 heavy (non-hydrogen) atoms. The predicted octanol–water partition coefficient (Wildman–Crippen LogP) is 3.63. The van der Waals surface area contributed by atoms with Gasteiger partial charge in [0, 0.05) is 38.1 Å². The lowest BCUT2D eigenvalue weighted by atomic mass is 10.1. The Morgan fingerprint density at radius 1 is 1.03 bits per heavy atom. The van der Waals surface area contributed by atoms with Gasteiger partial charge in [0.05, 0.1) is 17.4 Å². The summed E-state index contributed by atoms with van der Waals surface area (Å²) in [6.07, 6.45) is 4.95. The van der Waals surface area contributed by atoms with Crippen molar-refractivity contribution in [3.05, 3.63) is 72.4 Å². The van der Waals surface area contributed by atoms with Crippen LogP contribution in [0.15, 0.2) is 66.9 Å². The van der Waals surface area contributed by atoms with Crippen LogP contribution >= 0.6 is 0 Å². The summed E-state index contributed by atoms with van der Waals surface area (Å²) in [6, 6.07) is 14.7. The van der Waals surface area contributed by atoms with Gasteiger partial charge in [-0.3, -0.25) is 9.59 Å². The van der Waals surface area contributed by atoms with Gasteiger partial charge in [-0.1, -0.05) is 24.3 Å². The van der Waals surface area contributed by atoms with Gasteiger partial charge in [0.1, 0.15) is 5.69 Å². The zero-order valence-corrected chi connectivity index (χ0v) is 19.6. The Kier molecular flexibility index (Phi) is 6.55. The van der Waals surface area contributed by atoms with Gasteiger partial charge < -0.3 is 25.3 Å². The van der Waals surface area contributed by atoms with Gasteiger partial charge in [-0.15, -0.1) is 0 Å².